The molecule has 0 unspecified atom stereocenters. The van der Waals surface area contributed by atoms with Crippen molar-refractivity contribution in [1.29, 1.82) is 0 Å². The van der Waals surface area contributed by atoms with Crippen molar-refractivity contribution in [2.24, 2.45) is 11.8 Å². The zero-order chi connectivity index (χ0) is 17.8. The van der Waals surface area contributed by atoms with Gasteiger partial charge in [0.15, 0.2) is 8.32 Å². The first-order valence-electron chi connectivity index (χ1n) is 9.08. The van der Waals surface area contributed by atoms with E-state index in [0.29, 0.717) is 40.3 Å². The lowest BCUT2D eigenvalue weighted by Crippen LogP contribution is -2.48. The first-order valence-corrected chi connectivity index (χ1v) is 11.6. The van der Waals surface area contributed by atoms with Crippen LogP contribution in [0.2, 0.25) is 16.6 Å². The molecule has 5 heteroatoms. The van der Waals surface area contributed by atoms with Gasteiger partial charge in [0.2, 0.25) is 0 Å². The molecule has 1 aliphatic rings. The van der Waals surface area contributed by atoms with E-state index in [0.717, 1.165) is 13.0 Å². The van der Waals surface area contributed by atoms with Gasteiger partial charge in [-0.2, -0.15) is 0 Å². The molecular formula is C18H36O3SSi. The van der Waals surface area contributed by atoms with Crippen LogP contribution in [-0.2, 0) is 13.9 Å². The SMILES string of the molecule is CC(C)[Si](OC[C@@H](C)C[C@H](C)[C@H]1COC(=S)O1)(C(C)C)C(C)C. The highest BCUT2D eigenvalue weighted by Gasteiger charge is 2.45. The van der Waals surface area contributed by atoms with Crippen LogP contribution in [-0.4, -0.2) is 32.9 Å². The number of hydrogen-bond acceptors (Lipinski definition) is 4. The lowest BCUT2D eigenvalue weighted by molar-refractivity contribution is 0.130. The predicted octanol–water partition coefficient (Wildman–Crippen LogP) is 5.54. The Hall–Kier alpha value is -0.133. The Morgan fingerprint density at radius 3 is 1.96 bits per heavy atom. The monoisotopic (exact) mass is 360 g/mol. The zero-order valence-electron chi connectivity index (χ0n) is 16.2. The third kappa shape index (κ3) is 5.17. The van der Waals surface area contributed by atoms with Crippen LogP contribution in [0.1, 0.15) is 61.8 Å². The Morgan fingerprint density at radius 2 is 1.57 bits per heavy atom. The van der Waals surface area contributed by atoms with Crippen molar-refractivity contribution < 1.29 is 13.9 Å². The van der Waals surface area contributed by atoms with Gasteiger partial charge < -0.3 is 13.9 Å². The van der Waals surface area contributed by atoms with Crippen molar-refractivity contribution in [1.82, 2.24) is 0 Å². The molecule has 1 rings (SSSR count). The number of rotatable bonds is 9. The molecule has 23 heavy (non-hydrogen) atoms. The van der Waals surface area contributed by atoms with Gasteiger partial charge in [0.05, 0.1) is 0 Å². The molecule has 0 saturated carbocycles. The fourth-order valence-corrected chi connectivity index (χ4v) is 10.0. The summed E-state index contributed by atoms with van der Waals surface area (Å²) in [5.74, 6) is 0.952. The van der Waals surface area contributed by atoms with Gasteiger partial charge in [0, 0.05) is 18.8 Å². The summed E-state index contributed by atoms with van der Waals surface area (Å²) in [6.45, 7) is 20.0. The second kappa shape index (κ2) is 8.81. The quantitative estimate of drug-likeness (QED) is 0.398. The molecule has 136 valence electrons. The third-order valence-corrected chi connectivity index (χ3v) is 11.6. The Balaban J connectivity index is 2.58. The summed E-state index contributed by atoms with van der Waals surface area (Å²) in [5.41, 5.74) is 1.91. The topological polar surface area (TPSA) is 27.7 Å². The molecule has 0 radical (unpaired) electrons. The van der Waals surface area contributed by atoms with Crippen LogP contribution < -0.4 is 0 Å². The average molecular weight is 361 g/mol. The fraction of sp³-hybridized carbons (Fsp3) is 0.944. The van der Waals surface area contributed by atoms with Crippen LogP contribution in [0.25, 0.3) is 0 Å². The predicted molar refractivity (Wildman–Crippen MR) is 103 cm³/mol. The molecular weight excluding hydrogens is 324 g/mol. The average Bonchev–Trinajstić information content (AvgIpc) is 2.84. The van der Waals surface area contributed by atoms with E-state index < -0.39 is 8.32 Å². The normalized spacial score (nSPS) is 21.7. The van der Waals surface area contributed by atoms with Gasteiger partial charge in [-0.05, 0) is 34.9 Å². The maximum Gasteiger partial charge on any atom is 0.352 e. The van der Waals surface area contributed by atoms with Gasteiger partial charge in [-0.15, -0.1) is 0 Å². The molecule has 0 amide bonds. The van der Waals surface area contributed by atoms with Crippen LogP contribution in [0.15, 0.2) is 0 Å². The Labute approximate surface area is 149 Å². The maximum absolute atomic E-state index is 6.70. The second-order valence-electron chi connectivity index (χ2n) is 8.16. The summed E-state index contributed by atoms with van der Waals surface area (Å²) >= 11 is 4.95. The highest BCUT2D eigenvalue weighted by molar-refractivity contribution is 7.79. The van der Waals surface area contributed by atoms with E-state index in [1.54, 1.807) is 0 Å². The molecule has 3 nitrogen and oxygen atoms in total. The number of hydrogen-bond donors (Lipinski definition) is 0. The van der Waals surface area contributed by atoms with Crippen molar-refractivity contribution in [2.75, 3.05) is 13.2 Å². The van der Waals surface area contributed by atoms with Crippen LogP contribution in [0.4, 0.5) is 0 Å². The van der Waals surface area contributed by atoms with Crippen molar-refractivity contribution in [2.45, 2.75) is 84.5 Å². The number of thiocarbonyl (C=S) groups is 1. The summed E-state index contributed by atoms with van der Waals surface area (Å²) in [6.07, 6.45) is 1.18. The fourth-order valence-electron chi connectivity index (χ4n) is 4.26. The summed E-state index contributed by atoms with van der Waals surface area (Å²) in [5, 5.41) is 0.302. The van der Waals surface area contributed by atoms with Gasteiger partial charge in [0.1, 0.15) is 12.7 Å². The molecule has 1 aliphatic heterocycles. The van der Waals surface area contributed by atoms with Crippen LogP contribution in [0.5, 0.6) is 0 Å². The van der Waals surface area contributed by atoms with Crippen LogP contribution in [0, 0.1) is 11.8 Å². The molecule has 3 atom stereocenters. The van der Waals surface area contributed by atoms with E-state index in [1.807, 2.05) is 0 Å². The summed E-state index contributed by atoms with van der Waals surface area (Å²) < 4.78 is 17.5. The van der Waals surface area contributed by atoms with E-state index in [-0.39, 0.29) is 6.10 Å². The van der Waals surface area contributed by atoms with Gasteiger partial charge in [-0.25, -0.2) is 0 Å². The highest BCUT2D eigenvalue weighted by atomic mass is 32.1. The Bertz CT molecular complexity index is 363. The van der Waals surface area contributed by atoms with Crippen molar-refractivity contribution in [3.05, 3.63) is 0 Å². The Morgan fingerprint density at radius 1 is 1.04 bits per heavy atom. The lowest BCUT2D eigenvalue weighted by atomic mass is 9.94. The highest BCUT2D eigenvalue weighted by Crippen LogP contribution is 2.42. The minimum Gasteiger partial charge on any atom is -0.453 e. The van der Waals surface area contributed by atoms with E-state index in [4.69, 9.17) is 26.1 Å². The maximum atomic E-state index is 6.70. The molecule has 0 aromatic rings. The molecule has 0 aromatic heterocycles. The van der Waals surface area contributed by atoms with E-state index in [9.17, 15) is 0 Å². The van der Waals surface area contributed by atoms with Gasteiger partial charge in [0.25, 0.3) is 0 Å². The van der Waals surface area contributed by atoms with Crippen LogP contribution >= 0.6 is 12.2 Å². The van der Waals surface area contributed by atoms with Crippen molar-refractivity contribution in [3.63, 3.8) is 0 Å². The van der Waals surface area contributed by atoms with E-state index in [2.05, 4.69) is 55.4 Å². The minimum absolute atomic E-state index is 0.104. The molecule has 0 aliphatic carbocycles. The molecule has 0 N–H and O–H groups in total. The first-order chi connectivity index (χ1) is 10.6. The molecule has 0 aromatic carbocycles. The van der Waals surface area contributed by atoms with Crippen LogP contribution in [0.3, 0.4) is 0 Å². The summed E-state index contributed by atoms with van der Waals surface area (Å²) in [4.78, 5) is 0. The number of ether oxygens (including phenoxy) is 2. The molecule has 1 fully saturated rings. The van der Waals surface area contributed by atoms with Gasteiger partial charge >= 0.3 is 5.24 Å². The molecule has 0 spiro atoms. The minimum atomic E-state index is -1.76. The van der Waals surface area contributed by atoms with Gasteiger partial charge in [-0.1, -0.05) is 55.4 Å². The largest absolute Gasteiger partial charge is 0.453 e. The second-order valence-corrected chi connectivity index (χ2v) is 14.0. The lowest BCUT2D eigenvalue weighted by Gasteiger charge is -2.43. The summed E-state index contributed by atoms with van der Waals surface area (Å²) in [6, 6.07) is 0. The van der Waals surface area contributed by atoms with Crippen molar-refractivity contribution >= 4 is 25.8 Å². The van der Waals surface area contributed by atoms with E-state index >= 15 is 0 Å². The Kier molecular flexibility index (Phi) is 8.01. The molecule has 1 heterocycles. The zero-order valence-corrected chi connectivity index (χ0v) is 18.0. The summed E-state index contributed by atoms with van der Waals surface area (Å²) in [7, 11) is -1.76. The van der Waals surface area contributed by atoms with Crippen molar-refractivity contribution in [3.8, 4) is 0 Å². The smallest absolute Gasteiger partial charge is 0.352 e. The standard InChI is InChI=1S/C18H36O3SSi/c1-12(2)23(13(3)4,14(5)6)20-10-15(7)9-16(8)17-11-19-18(22)21-17/h12-17H,9-11H2,1-8H3/t15-,16-,17+/m0/s1. The van der Waals surface area contributed by atoms with Gasteiger partial charge in [-0.3, -0.25) is 0 Å². The van der Waals surface area contributed by atoms with E-state index in [1.165, 1.54) is 0 Å². The first kappa shape index (κ1) is 20.9. The molecule has 1 saturated heterocycles. The third-order valence-electron chi connectivity index (χ3n) is 5.35. The molecule has 0 bridgehead atoms.